The Morgan fingerprint density at radius 2 is 2.42 bits per heavy atom. The molecule has 2 rings (SSSR count). The Bertz CT molecular complexity index is 450. The molecule has 1 fully saturated rings. The quantitative estimate of drug-likeness (QED) is 0.880. The number of carbonyl (C=O) groups excluding carboxylic acids is 1. The largest absolute Gasteiger partial charge is 0.497 e. The number of amides is 1. The molecule has 0 aromatic heterocycles. The van der Waals surface area contributed by atoms with Gasteiger partial charge in [-0.05, 0) is 12.1 Å². The van der Waals surface area contributed by atoms with Gasteiger partial charge >= 0.3 is 0 Å². The zero-order valence-electron chi connectivity index (χ0n) is 10.7. The molecule has 0 bridgehead atoms. The lowest BCUT2D eigenvalue weighted by molar-refractivity contribution is -0.116. The van der Waals surface area contributed by atoms with Crippen molar-refractivity contribution in [3.05, 3.63) is 22.7 Å². The van der Waals surface area contributed by atoms with Gasteiger partial charge in [-0.25, -0.2) is 0 Å². The summed E-state index contributed by atoms with van der Waals surface area (Å²) in [5, 5.41) is 6.26. The predicted octanol–water partition coefficient (Wildman–Crippen LogP) is 2.49. The van der Waals surface area contributed by atoms with Gasteiger partial charge in [0.25, 0.3) is 0 Å². The van der Waals surface area contributed by atoms with Crippen molar-refractivity contribution in [2.24, 2.45) is 0 Å². The maximum Gasteiger partial charge on any atom is 0.225 e. The van der Waals surface area contributed by atoms with Crippen molar-refractivity contribution in [3.8, 4) is 5.75 Å². The summed E-state index contributed by atoms with van der Waals surface area (Å²) in [7, 11) is 1.61. The van der Waals surface area contributed by atoms with Gasteiger partial charge in [-0.2, -0.15) is 11.8 Å². The van der Waals surface area contributed by atoms with E-state index in [1.165, 1.54) is 0 Å². The van der Waals surface area contributed by atoms with Gasteiger partial charge in [0.05, 0.1) is 7.11 Å². The van der Waals surface area contributed by atoms with Gasteiger partial charge in [0, 0.05) is 46.7 Å². The number of carbonyl (C=O) groups is 1. The number of hydrogen-bond donors (Lipinski definition) is 2. The molecule has 1 aliphatic rings. The highest BCUT2D eigenvalue weighted by Crippen LogP contribution is 2.24. The predicted molar refractivity (Wildman–Crippen MR) is 83.1 cm³/mol. The normalized spacial score (nSPS) is 18.9. The molecule has 0 radical (unpaired) electrons. The van der Waals surface area contributed by atoms with Gasteiger partial charge in [0.15, 0.2) is 0 Å². The Morgan fingerprint density at radius 1 is 1.58 bits per heavy atom. The van der Waals surface area contributed by atoms with E-state index in [9.17, 15) is 4.79 Å². The zero-order chi connectivity index (χ0) is 13.7. The highest BCUT2D eigenvalue weighted by atomic mass is 79.9. The van der Waals surface area contributed by atoms with Gasteiger partial charge in [0.1, 0.15) is 5.75 Å². The molecule has 1 amide bonds. The number of rotatable bonds is 4. The van der Waals surface area contributed by atoms with E-state index in [0.29, 0.717) is 6.42 Å². The Labute approximate surface area is 125 Å². The van der Waals surface area contributed by atoms with Crippen LogP contribution in [0.3, 0.4) is 0 Å². The lowest BCUT2D eigenvalue weighted by atomic mass is 10.2. The van der Waals surface area contributed by atoms with Crippen LogP contribution in [0.25, 0.3) is 0 Å². The molecule has 2 N–H and O–H groups in total. The highest BCUT2D eigenvalue weighted by molar-refractivity contribution is 9.10. The number of nitrogens with one attached hydrogen (secondary N) is 2. The maximum atomic E-state index is 12.0. The van der Waals surface area contributed by atoms with Crippen LogP contribution in [0.1, 0.15) is 6.42 Å². The standard InChI is InChI=1S/C13H17BrN2O2S/c1-18-12-5-9(14)4-10(6-12)16-13(17)7-11-8-19-3-2-15-11/h4-6,11,15H,2-3,7-8H2,1H3,(H,16,17). The molecule has 1 saturated heterocycles. The SMILES string of the molecule is COc1cc(Br)cc(NC(=O)CC2CSCCN2)c1. The smallest absolute Gasteiger partial charge is 0.225 e. The van der Waals surface area contributed by atoms with Crippen molar-refractivity contribution in [1.82, 2.24) is 5.32 Å². The zero-order valence-corrected chi connectivity index (χ0v) is 13.1. The maximum absolute atomic E-state index is 12.0. The topological polar surface area (TPSA) is 50.4 Å². The minimum Gasteiger partial charge on any atom is -0.497 e. The minimum atomic E-state index is 0.0279. The van der Waals surface area contributed by atoms with Crippen molar-refractivity contribution in [3.63, 3.8) is 0 Å². The molecule has 1 aliphatic heterocycles. The van der Waals surface area contributed by atoms with Gasteiger partial charge in [0.2, 0.25) is 5.91 Å². The van der Waals surface area contributed by atoms with Crippen molar-refractivity contribution in [1.29, 1.82) is 0 Å². The highest BCUT2D eigenvalue weighted by Gasteiger charge is 2.16. The summed E-state index contributed by atoms with van der Waals surface area (Å²) in [6.45, 7) is 0.979. The Balaban J connectivity index is 1.92. The average Bonchev–Trinajstić information content (AvgIpc) is 2.38. The first-order chi connectivity index (χ1) is 9.17. The number of methoxy groups -OCH3 is 1. The summed E-state index contributed by atoms with van der Waals surface area (Å²) in [5.41, 5.74) is 0.750. The van der Waals surface area contributed by atoms with Crippen LogP contribution in [0.2, 0.25) is 0 Å². The summed E-state index contributed by atoms with van der Waals surface area (Å²) >= 11 is 5.29. The van der Waals surface area contributed by atoms with E-state index in [1.54, 1.807) is 7.11 Å². The summed E-state index contributed by atoms with van der Waals surface area (Å²) in [4.78, 5) is 12.0. The Hall–Kier alpha value is -0.720. The second-order valence-electron chi connectivity index (χ2n) is 4.36. The Kier molecular flexibility index (Phi) is 5.54. The van der Waals surface area contributed by atoms with Crippen molar-refractivity contribution in [2.75, 3.05) is 30.5 Å². The number of hydrogen-bond acceptors (Lipinski definition) is 4. The lowest BCUT2D eigenvalue weighted by Crippen LogP contribution is -2.39. The third-order valence-corrected chi connectivity index (χ3v) is 4.41. The number of anilines is 1. The fraction of sp³-hybridized carbons (Fsp3) is 0.462. The molecule has 0 aliphatic carbocycles. The second-order valence-corrected chi connectivity index (χ2v) is 6.42. The molecule has 1 atom stereocenters. The van der Waals surface area contributed by atoms with Crippen LogP contribution in [-0.2, 0) is 4.79 Å². The summed E-state index contributed by atoms with van der Waals surface area (Å²) in [6.07, 6.45) is 0.502. The van der Waals surface area contributed by atoms with E-state index in [1.807, 2.05) is 30.0 Å². The first-order valence-corrected chi connectivity index (χ1v) is 8.07. The van der Waals surface area contributed by atoms with E-state index in [2.05, 4.69) is 26.6 Å². The molecule has 1 heterocycles. The van der Waals surface area contributed by atoms with E-state index in [0.717, 1.165) is 34.0 Å². The minimum absolute atomic E-state index is 0.0279. The summed E-state index contributed by atoms with van der Waals surface area (Å²) in [6, 6.07) is 5.80. The lowest BCUT2D eigenvalue weighted by Gasteiger charge is -2.22. The molecule has 19 heavy (non-hydrogen) atoms. The summed E-state index contributed by atoms with van der Waals surface area (Å²) in [5.74, 6) is 2.87. The molecule has 1 unspecified atom stereocenters. The average molecular weight is 345 g/mol. The van der Waals surface area contributed by atoms with Crippen LogP contribution in [0.4, 0.5) is 5.69 Å². The monoisotopic (exact) mass is 344 g/mol. The molecule has 1 aromatic rings. The molecule has 0 spiro atoms. The van der Waals surface area contributed by atoms with Crippen LogP contribution in [0.5, 0.6) is 5.75 Å². The molecular formula is C13H17BrN2O2S. The van der Waals surface area contributed by atoms with Gasteiger partial charge in [-0.15, -0.1) is 0 Å². The number of halogens is 1. The number of thioether (sulfide) groups is 1. The molecule has 4 nitrogen and oxygen atoms in total. The van der Waals surface area contributed by atoms with E-state index in [4.69, 9.17) is 4.74 Å². The molecular weight excluding hydrogens is 328 g/mol. The first kappa shape index (κ1) is 14.7. The van der Waals surface area contributed by atoms with Gasteiger partial charge in [-0.1, -0.05) is 15.9 Å². The third kappa shape index (κ3) is 4.71. The fourth-order valence-corrected chi connectivity index (χ4v) is 3.36. The molecule has 0 saturated carbocycles. The first-order valence-electron chi connectivity index (χ1n) is 6.13. The van der Waals surface area contributed by atoms with E-state index in [-0.39, 0.29) is 11.9 Å². The van der Waals surface area contributed by atoms with Crippen molar-refractivity contribution >= 4 is 39.3 Å². The molecule has 104 valence electrons. The second kappa shape index (κ2) is 7.17. The molecule has 6 heteroatoms. The number of ether oxygens (including phenoxy) is 1. The summed E-state index contributed by atoms with van der Waals surface area (Å²) < 4.78 is 6.05. The van der Waals surface area contributed by atoms with Crippen LogP contribution in [0.15, 0.2) is 22.7 Å². The fourth-order valence-electron chi connectivity index (χ4n) is 1.94. The molecule has 1 aromatic carbocycles. The van der Waals surface area contributed by atoms with Gasteiger partial charge < -0.3 is 15.4 Å². The van der Waals surface area contributed by atoms with Crippen LogP contribution < -0.4 is 15.4 Å². The van der Waals surface area contributed by atoms with Crippen LogP contribution in [0, 0.1) is 0 Å². The van der Waals surface area contributed by atoms with E-state index >= 15 is 0 Å². The van der Waals surface area contributed by atoms with E-state index < -0.39 is 0 Å². The van der Waals surface area contributed by atoms with Crippen molar-refractivity contribution in [2.45, 2.75) is 12.5 Å². The van der Waals surface area contributed by atoms with Gasteiger partial charge in [-0.3, -0.25) is 4.79 Å². The van der Waals surface area contributed by atoms with Crippen LogP contribution >= 0.6 is 27.7 Å². The van der Waals surface area contributed by atoms with Crippen LogP contribution in [-0.4, -0.2) is 37.1 Å². The van der Waals surface area contributed by atoms with Crippen molar-refractivity contribution < 1.29 is 9.53 Å². The Morgan fingerprint density at radius 3 is 3.11 bits per heavy atom. The number of benzene rings is 1. The third-order valence-electron chi connectivity index (χ3n) is 2.82.